The molecule has 0 radical (unpaired) electrons. The number of aromatic nitrogens is 1. The van der Waals surface area contributed by atoms with Gasteiger partial charge in [0.05, 0.1) is 0 Å². The lowest BCUT2D eigenvalue weighted by Gasteiger charge is -2.39. The van der Waals surface area contributed by atoms with Crippen molar-refractivity contribution in [3.8, 4) is 0 Å². The second-order valence-electron chi connectivity index (χ2n) is 7.56. The quantitative estimate of drug-likeness (QED) is 0.836. The minimum Gasteiger partial charge on any atom is -0.368 e. The number of nitrogens with zero attached hydrogens (tertiary/aromatic N) is 4. The van der Waals surface area contributed by atoms with E-state index in [0.29, 0.717) is 5.91 Å². The predicted molar refractivity (Wildman–Crippen MR) is 107 cm³/mol. The van der Waals surface area contributed by atoms with Crippen LogP contribution in [0.1, 0.15) is 18.4 Å². The van der Waals surface area contributed by atoms with E-state index in [0.717, 1.165) is 58.7 Å². The molecule has 3 heterocycles. The lowest BCUT2D eigenvalue weighted by atomic mass is 9.94. The highest BCUT2D eigenvalue weighted by atomic mass is 16.2. The number of piperazine rings is 1. The Morgan fingerprint density at radius 3 is 2.33 bits per heavy atom. The van der Waals surface area contributed by atoms with Crippen LogP contribution in [0.4, 0.5) is 5.69 Å². The number of rotatable bonds is 4. The van der Waals surface area contributed by atoms with Crippen LogP contribution in [-0.4, -0.2) is 60.0 Å². The Morgan fingerprint density at radius 2 is 1.67 bits per heavy atom. The second kappa shape index (κ2) is 8.53. The Kier molecular flexibility index (Phi) is 5.68. The summed E-state index contributed by atoms with van der Waals surface area (Å²) in [5, 5.41) is 0. The Bertz CT molecular complexity index is 720. The van der Waals surface area contributed by atoms with Gasteiger partial charge in [0, 0.05) is 56.7 Å². The van der Waals surface area contributed by atoms with Crippen LogP contribution in [0.5, 0.6) is 0 Å². The largest absolute Gasteiger partial charge is 0.368 e. The first-order valence-electron chi connectivity index (χ1n) is 9.99. The topological polar surface area (TPSA) is 39.7 Å². The van der Waals surface area contributed by atoms with Gasteiger partial charge in [0.15, 0.2) is 0 Å². The molecule has 1 amide bonds. The Balaban J connectivity index is 1.24. The number of para-hydroxylation sites is 1. The second-order valence-corrected chi connectivity index (χ2v) is 7.56. The standard InChI is InChI=1S/C22H28N4O/c27-22(26-15-13-25(14-16-26)21-6-2-1-3-7-21)20-8-11-24(12-9-20)18-19-5-4-10-23-17-19/h1-7,10,17,20H,8-9,11-16,18H2. The molecule has 5 heteroatoms. The molecule has 0 bridgehead atoms. The monoisotopic (exact) mass is 364 g/mol. The van der Waals surface area contributed by atoms with Crippen molar-refractivity contribution in [1.29, 1.82) is 0 Å². The molecule has 2 aliphatic heterocycles. The number of benzene rings is 1. The molecule has 2 fully saturated rings. The molecular weight excluding hydrogens is 336 g/mol. The highest BCUT2D eigenvalue weighted by Crippen LogP contribution is 2.23. The zero-order chi connectivity index (χ0) is 18.5. The van der Waals surface area contributed by atoms with Crippen molar-refractivity contribution in [3.63, 3.8) is 0 Å². The van der Waals surface area contributed by atoms with E-state index in [1.807, 2.05) is 24.5 Å². The molecule has 0 atom stereocenters. The molecule has 0 aliphatic carbocycles. The summed E-state index contributed by atoms with van der Waals surface area (Å²) < 4.78 is 0. The minimum absolute atomic E-state index is 0.193. The number of piperidine rings is 1. The smallest absolute Gasteiger partial charge is 0.225 e. The zero-order valence-corrected chi connectivity index (χ0v) is 15.8. The van der Waals surface area contributed by atoms with E-state index >= 15 is 0 Å². The molecule has 0 saturated carbocycles. The molecule has 0 spiro atoms. The molecular formula is C22H28N4O. The van der Waals surface area contributed by atoms with Gasteiger partial charge in [-0.05, 0) is 49.7 Å². The number of carbonyl (C=O) groups excluding carboxylic acids is 1. The summed E-state index contributed by atoms with van der Waals surface area (Å²) in [6.07, 6.45) is 5.69. The van der Waals surface area contributed by atoms with E-state index < -0.39 is 0 Å². The van der Waals surface area contributed by atoms with Crippen molar-refractivity contribution in [2.75, 3.05) is 44.2 Å². The van der Waals surface area contributed by atoms with Crippen LogP contribution < -0.4 is 4.90 Å². The Labute approximate surface area is 161 Å². The molecule has 2 saturated heterocycles. The van der Waals surface area contributed by atoms with E-state index in [1.54, 1.807) is 0 Å². The van der Waals surface area contributed by atoms with E-state index in [4.69, 9.17) is 0 Å². The number of hydrogen-bond acceptors (Lipinski definition) is 4. The van der Waals surface area contributed by atoms with Gasteiger partial charge in [0.2, 0.25) is 5.91 Å². The van der Waals surface area contributed by atoms with E-state index in [2.05, 4.69) is 50.0 Å². The van der Waals surface area contributed by atoms with Crippen molar-refractivity contribution < 1.29 is 4.79 Å². The van der Waals surface area contributed by atoms with Gasteiger partial charge in [-0.15, -0.1) is 0 Å². The normalized spacial score (nSPS) is 19.3. The third kappa shape index (κ3) is 4.48. The summed E-state index contributed by atoms with van der Waals surface area (Å²) >= 11 is 0. The van der Waals surface area contributed by atoms with Crippen LogP contribution in [0.3, 0.4) is 0 Å². The van der Waals surface area contributed by atoms with Gasteiger partial charge in [0.25, 0.3) is 0 Å². The van der Waals surface area contributed by atoms with Crippen LogP contribution in [0.15, 0.2) is 54.9 Å². The molecule has 142 valence electrons. The average Bonchev–Trinajstić information content (AvgIpc) is 2.75. The fourth-order valence-corrected chi connectivity index (χ4v) is 4.17. The summed E-state index contributed by atoms with van der Waals surface area (Å²) in [5.41, 5.74) is 2.51. The first kappa shape index (κ1) is 18.0. The van der Waals surface area contributed by atoms with Gasteiger partial charge in [-0.25, -0.2) is 0 Å². The fourth-order valence-electron chi connectivity index (χ4n) is 4.17. The van der Waals surface area contributed by atoms with Crippen LogP contribution in [0.25, 0.3) is 0 Å². The first-order chi connectivity index (χ1) is 13.3. The number of amides is 1. The fraction of sp³-hybridized carbons (Fsp3) is 0.455. The summed E-state index contributed by atoms with van der Waals surface area (Å²) in [5.74, 6) is 0.558. The average molecular weight is 364 g/mol. The first-order valence-corrected chi connectivity index (χ1v) is 9.99. The maximum absolute atomic E-state index is 12.9. The van der Waals surface area contributed by atoms with Crippen LogP contribution >= 0.6 is 0 Å². The summed E-state index contributed by atoms with van der Waals surface area (Å²) in [6, 6.07) is 14.6. The van der Waals surface area contributed by atoms with Crippen LogP contribution in [0.2, 0.25) is 0 Å². The van der Waals surface area contributed by atoms with E-state index in [-0.39, 0.29) is 5.92 Å². The lowest BCUT2D eigenvalue weighted by molar-refractivity contribution is -0.137. The van der Waals surface area contributed by atoms with Gasteiger partial charge in [0.1, 0.15) is 0 Å². The molecule has 1 aromatic heterocycles. The third-order valence-electron chi connectivity index (χ3n) is 5.78. The van der Waals surface area contributed by atoms with Crippen molar-refractivity contribution in [2.45, 2.75) is 19.4 Å². The van der Waals surface area contributed by atoms with Crippen molar-refractivity contribution in [2.24, 2.45) is 5.92 Å². The third-order valence-corrected chi connectivity index (χ3v) is 5.78. The van der Waals surface area contributed by atoms with Crippen molar-refractivity contribution in [1.82, 2.24) is 14.8 Å². The van der Waals surface area contributed by atoms with Gasteiger partial charge in [-0.1, -0.05) is 24.3 Å². The Morgan fingerprint density at radius 1 is 0.926 bits per heavy atom. The summed E-state index contributed by atoms with van der Waals surface area (Å²) in [6.45, 7) is 6.45. The molecule has 4 rings (SSSR count). The Hall–Kier alpha value is -2.40. The molecule has 0 unspecified atom stereocenters. The molecule has 27 heavy (non-hydrogen) atoms. The highest BCUT2D eigenvalue weighted by molar-refractivity contribution is 5.79. The minimum atomic E-state index is 0.193. The SMILES string of the molecule is O=C(C1CCN(Cc2cccnc2)CC1)N1CCN(c2ccccc2)CC1. The number of carbonyl (C=O) groups is 1. The summed E-state index contributed by atoms with van der Waals surface area (Å²) in [7, 11) is 0. The van der Waals surface area contributed by atoms with Gasteiger partial charge >= 0.3 is 0 Å². The van der Waals surface area contributed by atoms with E-state index in [9.17, 15) is 4.79 Å². The van der Waals surface area contributed by atoms with E-state index in [1.165, 1.54) is 11.3 Å². The zero-order valence-electron chi connectivity index (χ0n) is 15.8. The summed E-state index contributed by atoms with van der Waals surface area (Å²) in [4.78, 5) is 24.0. The van der Waals surface area contributed by atoms with Gasteiger partial charge in [-0.2, -0.15) is 0 Å². The van der Waals surface area contributed by atoms with Gasteiger partial charge < -0.3 is 9.80 Å². The molecule has 2 aromatic rings. The lowest BCUT2D eigenvalue weighted by Crippen LogP contribution is -2.51. The highest BCUT2D eigenvalue weighted by Gasteiger charge is 2.30. The number of anilines is 1. The number of pyridine rings is 1. The molecule has 5 nitrogen and oxygen atoms in total. The predicted octanol–water partition coefficient (Wildman–Crippen LogP) is 2.64. The number of likely N-dealkylation sites (tertiary alicyclic amines) is 1. The maximum atomic E-state index is 12.9. The van der Waals surface area contributed by atoms with Gasteiger partial charge in [-0.3, -0.25) is 14.7 Å². The molecule has 1 aromatic carbocycles. The van der Waals surface area contributed by atoms with Crippen molar-refractivity contribution >= 4 is 11.6 Å². The van der Waals surface area contributed by atoms with Crippen LogP contribution in [0, 0.1) is 5.92 Å². The molecule has 2 aliphatic rings. The molecule has 0 N–H and O–H groups in total. The maximum Gasteiger partial charge on any atom is 0.225 e. The number of hydrogen-bond donors (Lipinski definition) is 0. The van der Waals surface area contributed by atoms with Crippen LogP contribution in [-0.2, 0) is 11.3 Å². The van der Waals surface area contributed by atoms with Crippen molar-refractivity contribution in [3.05, 3.63) is 60.4 Å².